The van der Waals surface area contributed by atoms with Gasteiger partial charge in [-0.15, -0.1) is 0 Å². The van der Waals surface area contributed by atoms with Crippen molar-refractivity contribution in [2.24, 2.45) is 0 Å². The normalized spacial score (nSPS) is 13.1. The van der Waals surface area contributed by atoms with Gasteiger partial charge in [-0.1, -0.05) is 44.2 Å². The number of nitrogens with one attached hydrogen (secondary N) is 1. The van der Waals surface area contributed by atoms with Crippen molar-refractivity contribution in [1.82, 2.24) is 9.88 Å². The van der Waals surface area contributed by atoms with Gasteiger partial charge in [-0.05, 0) is 31.2 Å². The Bertz CT molecular complexity index is 789. The first-order valence-corrected chi connectivity index (χ1v) is 8.78. The van der Waals surface area contributed by atoms with Gasteiger partial charge in [0.15, 0.2) is 0 Å². The highest BCUT2D eigenvalue weighted by molar-refractivity contribution is 6.02. The summed E-state index contributed by atoms with van der Waals surface area (Å²) >= 11 is 0. The Morgan fingerprint density at radius 2 is 1.92 bits per heavy atom. The molecular weight excluding hydrogens is 300 g/mol. The number of nitrogens with zero attached hydrogens (tertiary/aromatic N) is 1. The Hall–Kier alpha value is -2.36. The Morgan fingerprint density at radius 1 is 1.21 bits per heavy atom. The molecular formula is C20H24N2O2. The van der Waals surface area contributed by atoms with E-state index in [2.05, 4.69) is 19.2 Å². The first-order chi connectivity index (χ1) is 11.7. The van der Waals surface area contributed by atoms with E-state index >= 15 is 0 Å². The Kier molecular flexibility index (Phi) is 4.84. The fourth-order valence-corrected chi connectivity index (χ4v) is 3.46. The van der Waals surface area contributed by atoms with Crippen molar-refractivity contribution in [2.75, 3.05) is 0 Å². The molecule has 1 N–H and O–H groups in total. The Morgan fingerprint density at radius 3 is 2.58 bits per heavy atom. The summed E-state index contributed by atoms with van der Waals surface area (Å²) in [6.07, 6.45) is 3.50. The molecule has 4 heteroatoms. The molecule has 0 aliphatic carbocycles. The highest BCUT2D eigenvalue weighted by Gasteiger charge is 2.25. The number of fused-ring (bicyclic) bond motifs is 1. The van der Waals surface area contributed by atoms with Crippen molar-refractivity contribution in [1.29, 1.82) is 0 Å². The molecule has 1 aromatic heterocycles. The van der Waals surface area contributed by atoms with Crippen molar-refractivity contribution in [3.8, 4) is 11.1 Å². The van der Waals surface area contributed by atoms with Gasteiger partial charge in [-0.2, -0.15) is 0 Å². The maximum absolute atomic E-state index is 13.0. The molecule has 1 aliphatic rings. The van der Waals surface area contributed by atoms with Gasteiger partial charge in [0.05, 0.1) is 5.56 Å². The van der Waals surface area contributed by atoms with E-state index in [1.165, 1.54) is 0 Å². The van der Waals surface area contributed by atoms with Gasteiger partial charge in [-0.3, -0.25) is 9.59 Å². The molecule has 2 heterocycles. The van der Waals surface area contributed by atoms with E-state index in [-0.39, 0.29) is 17.5 Å². The first-order valence-electron chi connectivity index (χ1n) is 8.78. The summed E-state index contributed by atoms with van der Waals surface area (Å²) < 4.78 is 1.76. The second-order valence-electron chi connectivity index (χ2n) is 6.33. The molecule has 0 radical (unpaired) electrons. The zero-order valence-corrected chi connectivity index (χ0v) is 14.3. The third-order valence-electron chi connectivity index (χ3n) is 4.85. The summed E-state index contributed by atoms with van der Waals surface area (Å²) in [5, 5.41) is 3.14. The van der Waals surface area contributed by atoms with Crippen molar-refractivity contribution in [3.05, 3.63) is 58.0 Å². The van der Waals surface area contributed by atoms with Crippen molar-refractivity contribution in [3.63, 3.8) is 0 Å². The van der Waals surface area contributed by atoms with E-state index in [9.17, 15) is 9.59 Å². The van der Waals surface area contributed by atoms with Crippen LogP contribution in [0.4, 0.5) is 0 Å². The Balaban J connectivity index is 2.14. The average Bonchev–Trinajstić information content (AvgIpc) is 3.10. The summed E-state index contributed by atoms with van der Waals surface area (Å²) in [5.41, 5.74) is 3.20. The molecule has 3 rings (SSSR count). The zero-order chi connectivity index (χ0) is 17.1. The van der Waals surface area contributed by atoms with E-state index in [4.69, 9.17) is 0 Å². The lowest BCUT2D eigenvalue weighted by molar-refractivity contribution is 0.0934. The largest absolute Gasteiger partial charge is 0.349 e. The van der Waals surface area contributed by atoms with Crippen molar-refractivity contribution in [2.45, 2.75) is 52.1 Å². The molecule has 0 saturated heterocycles. The molecule has 4 nitrogen and oxygen atoms in total. The van der Waals surface area contributed by atoms with Gasteiger partial charge < -0.3 is 9.88 Å². The van der Waals surface area contributed by atoms with E-state index in [1.54, 1.807) is 10.6 Å². The maximum Gasteiger partial charge on any atom is 0.253 e. The quantitative estimate of drug-likeness (QED) is 0.916. The van der Waals surface area contributed by atoms with Crippen molar-refractivity contribution >= 4 is 5.91 Å². The molecule has 0 spiro atoms. The molecule has 1 amide bonds. The summed E-state index contributed by atoms with van der Waals surface area (Å²) in [4.78, 5) is 25.5. The first kappa shape index (κ1) is 16.5. The van der Waals surface area contributed by atoms with Crippen LogP contribution in [-0.4, -0.2) is 16.5 Å². The van der Waals surface area contributed by atoms with Gasteiger partial charge in [0.1, 0.15) is 0 Å². The highest BCUT2D eigenvalue weighted by Crippen LogP contribution is 2.28. The lowest BCUT2D eigenvalue weighted by Gasteiger charge is -2.19. The standard InChI is InChI=1S/C20H24N2O2/c1-3-15(4-2)21-20(24)19-16(14-9-6-5-7-10-14)13-18(23)22-12-8-11-17(19)22/h5-7,9-10,13,15H,3-4,8,11-12H2,1-2H3,(H,21,24). The number of carbonyl (C=O) groups excluding carboxylic acids is 1. The minimum Gasteiger partial charge on any atom is -0.349 e. The van der Waals surface area contributed by atoms with Gasteiger partial charge in [0.25, 0.3) is 11.5 Å². The minimum absolute atomic E-state index is 0.0135. The SMILES string of the molecule is CCC(CC)NC(=O)c1c(-c2ccccc2)cc(=O)n2c1CCC2. The zero-order valence-electron chi connectivity index (χ0n) is 14.3. The number of rotatable bonds is 5. The molecule has 24 heavy (non-hydrogen) atoms. The second kappa shape index (κ2) is 7.04. The van der Waals surface area contributed by atoms with Gasteiger partial charge in [0, 0.05) is 29.9 Å². The molecule has 0 unspecified atom stereocenters. The van der Waals surface area contributed by atoms with E-state index < -0.39 is 0 Å². The summed E-state index contributed by atoms with van der Waals surface area (Å²) in [6.45, 7) is 4.85. The summed E-state index contributed by atoms with van der Waals surface area (Å²) in [7, 11) is 0. The molecule has 2 aromatic rings. The molecule has 1 aromatic carbocycles. The highest BCUT2D eigenvalue weighted by atomic mass is 16.2. The van der Waals surface area contributed by atoms with E-state index in [1.807, 2.05) is 30.3 Å². The molecule has 0 atom stereocenters. The number of carbonyl (C=O) groups is 1. The fraction of sp³-hybridized carbons (Fsp3) is 0.400. The molecule has 1 aliphatic heterocycles. The average molecular weight is 324 g/mol. The number of aromatic nitrogens is 1. The predicted molar refractivity (Wildman–Crippen MR) is 96.3 cm³/mol. The third-order valence-corrected chi connectivity index (χ3v) is 4.85. The van der Waals surface area contributed by atoms with E-state index in [0.29, 0.717) is 12.1 Å². The minimum atomic E-state index is -0.0618. The van der Waals surface area contributed by atoms with Gasteiger partial charge in [0.2, 0.25) is 0 Å². The van der Waals surface area contributed by atoms with Crippen LogP contribution in [0.25, 0.3) is 11.1 Å². The van der Waals surface area contributed by atoms with Crippen LogP contribution in [0.15, 0.2) is 41.2 Å². The van der Waals surface area contributed by atoms with Crippen LogP contribution >= 0.6 is 0 Å². The predicted octanol–water partition coefficient (Wildman–Crippen LogP) is 3.38. The summed E-state index contributed by atoms with van der Waals surface area (Å²) in [5.74, 6) is -0.0618. The van der Waals surface area contributed by atoms with Crippen LogP contribution in [-0.2, 0) is 13.0 Å². The fourth-order valence-electron chi connectivity index (χ4n) is 3.46. The van der Waals surface area contributed by atoms with Crippen LogP contribution in [0.2, 0.25) is 0 Å². The van der Waals surface area contributed by atoms with Crippen LogP contribution in [0.1, 0.15) is 49.2 Å². The van der Waals surface area contributed by atoms with Crippen molar-refractivity contribution < 1.29 is 4.79 Å². The number of benzene rings is 1. The summed E-state index contributed by atoms with van der Waals surface area (Å²) in [6, 6.07) is 11.5. The lowest BCUT2D eigenvalue weighted by Crippen LogP contribution is -2.36. The molecule has 0 fully saturated rings. The second-order valence-corrected chi connectivity index (χ2v) is 6.33. The van der Waals surface area contributed by atoms with Gasteiger partial charge >= 0.3 is 0 Å². The number of hydrogen-bond donors (Lipinski definition) is 1. The Labute approximate surface area is 142 Å². The topological polar surface area (TPSA) is 51.1 Å². The third kappa shape index (κ3) is 3.01. The molecule has 126 valence electrons. The van der Waals surface area contributed by atoms with Crippen LogP contribution < -0.4 is 10.9 Å². The van der Waals surface area contributed by atoms with Crippen LogP contribution in [0, 0.1) is 0 Å². The van der Waals surface area contributed by atoms with Crippen LogP contribution in [0.3, 0.4) is 0 Å². The lowest BCUT2D eigenvalue weighted by atomic mass is 9.97. The maximum atomic E-state index is 13.0. The molecule has 0 saturated carbocycles. The number of amides is 1. The monoisotopic (exact) mass is 324 g/mol. The number of pyridine rings is 1. The number of hydrogen-bond acceptors (Lipinski definition) is 2. The van der Waals surface area contributed by atoms with E-state index in [0.717, 1.165) is 42.5 Å². The van der Waals surface area contributed by atoms with Gasteiger partial charge in [-0.25, -0.2) is 0 Å². The van der Waals surface area contributed by atoms with Crippen LogP contribution in [0.5, 0.6) is 0 Å². The molecule has 0 bridgehead atoms. The smallest absolute Gasteiger partial charge is 0.253 e.